The van der Waals surface area contributed by atoms with Gasteiger partial charge in [0.05, 0.1) is 19.1 Å². The lowest BCUT2D eigenvalue weighted by Gasteiger charge is -2.45. The first-order chi connectivity index (χ1) is 10.8. The topological polar surface area (TPSA) is 54.0 Å². The van der Waals surface area contributed by atoms with Crippen molar-refractivity contribution < 1.29 is 23.7 Å². The molecule has 1 aromatic rings. The van der Waals surface area contributed by atoms with E-state index >= 15 is 0 Å². The summed E-state index contributed by atoms with van der Waals surface area (Å²) in [7, 11) is 0. The molecule has 3 saturated heterocycles. The highest BCUT2D eigenvalue weighted by molar-refractivity contribution is 5.96. The third-order valence-corrected chi connectivity index (χ3v) is 4.97. The Morgan fingerprint density at radius 3 is 2.73 bits per heavy atom. The van der Waals surface area contributed by atoms with Crippen LogP contribution >= 0.6 is 0 Å². The van der Waals surface area contributed by atoms with Crippen molar-refractivity contribution in [3.63, 3.8) is 0 Å². The number of fused-ring (bicyclic) bond motifs is 2. The molecule has 5 rings (SSSR count). The van der Waals surface area contributed by atoms with E-state index in [-0.39, 0.29) is 36.1 Å². The fourth-order valence-corrected chi connectivity index (χ4v) is 3.97. The minimum Gasteiger partial charge on any atom is -0.348 e. The zero-order chi connectivity index (χ0) is 14.7. The van der Waals surface area contributed by atoms with Crippen LogP contribution < -0.4 is 0 Å². The molecular formula is C17H16O5. The van der Waals surface area contributed by atoms with Crippen LogP contribution in [0.3, 0.4) is 0 Å². The third kappa shape index (κ3) is 1.77. The molecule has 22 heavy (non-hydrogen) atoms. The quantitative estimate of drug-likeness (QED) is 0.788. The normalized spacial score (nSPS) is 42.7. The first-order valence-electron chi connectivity index (χ1n) is 7.64. The molecule has 0 bridgehead atoms. The van der Waals surface area contributed by atoms with Crippen LogP contribution in [0.1, 0.15) is 11.9 Å². The molecule has 3 fully saturated rings. The summed E-state index contributed by atoms with van der Waals surface area (Å²) in [5.41, 5.74) is 2.01. The second-order valence-corrected chi connectivity index (χ2v) is 6.20. The Morgan fingerprint density at radius 1 is 1.00 bits per heavy atom. The van der Waals surface area contributed by atoms with Crippen LogP contribution in [0.5, 0.6) is 0 Å². The first-order valence-corrected chi connectivity index (χ1v) is 7.64. The molecule has 0 aromatic heterocycles. The lowest BCUT2D eigenvalue weighted by molar-refractivity contribution is -0.327. The van der Waals surface area contributed by atoms with Gasteiger partial charge < -0.3 is 18.9 Å². The minimum atomic E-state index is -0.443. The fraction of sp³-hybridized carbons (Fsp3) is 0.471. The lowest BCUT2D eigenvalue weighted by Crippen LogP contribution is -2.56. The predicted molar refractivity (Wildman–Crippen MR) is 74.7 cm³/mol. The maximum atomic E-state index is 12.4. The van der Waals surface area contributed by atoms with Crippen molar-refractivity contribution >= 4 is 5.78 Å². The van der Waals surface area contributed by atoms with Gasteiger partial charge in [0.1, 0.15) is 12.2 Å². The molecule has 3 aliphatic heterocycles. The highest BCUT2D eigenvalue weighted by Gasteiger charge is 2.58. The molecule has 1 aliphatic carbocycles. The molecule has 3 heterocycles. The van der Waals surface area contributed by atoms with Gasteiger partial charge in [-0.25, -0.2) is 0 Å². The number of ketones is 1. The Morgan fingerprint density at radius 2 is 1.86 bits per heavy atom. The van der Waals surface area contributed by atoms with Crippen LogP contribution in [0.2, 0.25) is 0 Å². The summed E-state index contributed by atoms with van der Waals surface area (Å²) in [5.74, 6) is -0.0417. The largest absolute Gasteiger partial charge is 0.348 e. The molecular weight excluding hydrogens is 284 g/mol. The van der Waals surface area contributed by atoms with Gasteiger partial charge in [-0.15, -0.1) is 0 Å². The summed E-state index contributed by atoms with van der Waals surface area (Å²) in [6.45, 7) is 0.899. The van der Waals surface area contributed by atoms with Crippen molar-refractivity contribution in [1.82, 2.24) is 0 Å². The van der Waals surface area contributed by atoms with Gasteiger partial charge in [0.25, 0.3) is 0 Å². The smallest absolute Gasteiger partial charge is 0.184 e. The zero-order valence-corrected chi connectivity index (χ0v) is 11.9. The van der Waals surface area contributed by atoms with E-state index in [1.54, 1.807) is 6.08 Å². The number of hydrogen-bond donors (Lipinski definition) is 0. The van der Waals surface area contributed by atoms with Crippen LogP contribution in [0.25, 0.3) is 0 Å². The van der Waals surface area contributed by atoms with E-state index in [1.807, 2.05) is 30.3 Å². The summed E-state index contributed by atoms with van der Waals surface area (Å²) < 4.78 is 23.5. The van der Waals surface area contributed by atoms with E-state index in [2.05, 4.69) is 0 Å². The van der Waals surface area contributed by atoms with Crippen LogP contribution in [0.15, 0.2) is 42.0 Å². The van der Waals surface area contributed by atoms with Gasteiger partial charge >= 0.3 is 0 Å². The molecule has 5 heteroatoms. The van der Waals surface area contributed by atoms with Gasteiger partial charge in [0.2, 0.25) is 0 Å². The molecule has 6 atom stereocenters. The third-order valence-electron chi connectivity index (χ3n) is 4.97. The van der Waals surface area contributed by atoms with Crippen LogP contribution in [0.4, 0.5) is 0 Å². The minimum absolute atomic E-state index is 0.0169. The van der Waals surface area contributed by atoms with E-state index in [1.165, 1.54) is 0 Å². The van der Waals surface area contributed by atoms with Crippen molar-refractivity contribution in [2.24, 2.45) is 11.8 Å². The van der Waals surface area contributed by atoms with Crippen molar-refractivity contribution in [3.8, 4) is 0 Å². The molecule has 0 radical (unpaired) electrons. The van der Waals surface area contributed by atoms with Gasteiger partial charge in [-0.3, -0.25) is 4.79 Å². The molecule has 0 spiro atoms. The predicted octanol–water partition coefficient (Wildman–Crippen LogP) is 1.60. The van der Waals surface area contributed by atoms with E-state index in [0.29, 0.717) is 13.2 Å². The fourth-order valence-electron chi connectivity index (χ4n) is 3.97. The average molecular weight is 300 g/mol. The summed E-state index contributed by atoms with van der Waals surface area (Å²) in [6, 6.07) is 9.79. The van der Waals surface area contributed by atoms with E-state index in [0.717, 1.165) is 11.1 Å². The SMILES string of the molecule is O=C1C=C2CO[C@H]3O[C@@H]4COC(c5ccccc5)O[C@H]4[C@@H]1[C@H]23. The Labute approximate surface area is 127 Å². The molecule has 114 valence electrons. The van der Waals surface area contributed by atoms with Gasteiger partial charge in [-0.2, -0.15) is 0 Å². The molecule has 0 amide bonds. The summed E-state index contributed by atoms with van der Waals surface area (Å²) in [5, 5.41) is 0. The van der Waals surface area contributed by atoms with Gasteiger partial charge in [0.15, 0.2) is 18.4 Å². The molecule has 5 nitrogen and oxygen atoms in total. The Balaban J connectivity index is 1.45. The highest BCUT2D eigenvalue weighted by Crippen LogP contribution is 2.48. The Bertz CT molecular complexity index is 640. The zero-order valence-electron chi connectivity index (χ0n) is 11.9. The monoisotopic (exact) mass is 300 g/mol. The molecule has 1 unspecified atom stereocenters. The van der Waals surface area contributed by atoms with Crippen LogP contribution in [-0.2, 0) is 23.7 Å². The van der Waals surface area contributed by atoms with Crippen molar-refractivity contribution in [1.29, 1.82) is 0 Å². The summed E-state index contributed by atoms with van der Waals surface area (Å²) in [6.07, 6.45) is 0.424. The van der Waals surface area contributed by atoms with Crippen LogP contribution in [0, 0.1) is 11.8 Å². The number of benzene rings is 1. The summed E-state index contributed by atoms with van der Waals surface area (Å²) in [4.78, 5) is 12.4. The standard InChI is InChI=1S/C17H16O5/c18-11-6-10-7-19-17-13(10)14(11)15-12(21-17)8-20-16(22-15)9-4-2-1-3-5-9/h1-6,12-17H,7-8H2/t12-,13+,14+,15-,16?,17+/m1/s1. The maximum absolute atomic E-state index is 12.4. The molecule has 0 saturated carbocycles. The number of ether oxygens (including phenoxy) is 4. The number of rotatable bonds is 1. The number of carbonyl (C=O) groups is 1. The molecule has 4 aliphatic rings. The van der Waals surface area contributed by atoms with Crippen molar-refractivity contribution in [2.75, 3.05) is 13.2 Å². The number of allylic oxidation sites excluding steroid dienone is 1. The second kappa shape index (κ2) is 4.73. The van der Waals surface area contributed by atoms with Gasteiger partial charge in [0, 0.05) is 11.5 Å². The Hall–Kier alpha value is -1.53. The lowest BCUT2D eigenvalue weighted by atomic mass is 9.82. The number of carbonyl (C=O) groups excluding carboxylic acids is 1. The average Bonchev–Trinajstić information content (AvgIpc) is 3.10. The highest BCUT2D eigenvalue weighted by atomic mass is 16.7. The molecule has 0 N–H and O–H groups in total. The van der Waals surface area contributed by atoms with Gasteiger partial charge in [-0.05, 0) is 11.6 Å². The maximum Gasteiger partial charge on any atom is 0.184 e. The van der Waals surface area contributed by atoms with E-state index in [9.17, 15) is 4.79 Å². The second-order valence-electron chi connectivity index (χ2n) is 6.20. The Kier molecular flexibility index (Phi) is 2.79. The number of hydrogen-bond acceptors (Lipinski definition) is 5. The first kappa shape index (κ1) is 13.0. The summed E-state index contributed by atoms with van der Waals surface area (Å²) >= 11 is 0. The van der Waals surface area contributed by atoms with Crippen molar-refractivity contribution in [3.05, 3.63) is 47.5 Å². The van der Waals surface area contributed by atoms with Gasteiger partial charge in [-0.1, -0.05) is 30.3 Å². The van der Waals surface area contributed by atoms with E-state index < -0.39 is 6.29 Å². The van der Waals surface area contributed by atoms with Crippen LogP contribution in [-0.4, -0.2) is 37.5 Å². The van der Waals surface area contributed by atoms with Crippen molar-refractivity contribution in [2.45, 2.75) is 24.8 Å². The van der Waals surface area contributed by atoms with E-state index in [4.69, 9.17) is 18.9 Å². The molecule has 1 aromatic carbocycles.